The van der Waals surface area contributed by atoms with Crippen molar-refractivity contribution in [3.63, 3.8) is 0 Å². The molecule has 0 bridgehead atoms. The van der Waals surface area contributed by atoms with Crippen LogP contribution >= 0.6 is 0 Å². The fourth-order valence-corrected chi connectivity index (χ4v) is 1.80. The molecule has 0 saturated carbocycles. The van der Waals surface area contributed by atoms with Crippen molar-refractivity contribution in [1.29, 1.82) is 0 Å². The van der Waals surface area contributed by atoms with Crippen molar-refractivity contribution in [2.45, 2.75) is 18.9 Å². The van der Waals surface area contributed by atoms with Crippen LogP contribution in [-0.4, -0.2) is 27.3 Å². The Labute approximate surface area is 111 Å². The topological polar surface area (TPSA) is 70.4 Å². The first kappa shape index (κ1) is 13.2. The fraction of sp³-hybridized carbons (Fsp3) is 0.200. The number of aryl methyl sites for hydroxylation is 1. The number of aliphatic hydroxyl groups is 1. The highest BCUT2D eigenvalue weighted by atomic mass is 16.4. The fourth-order valence-electron chi connectivity index (χ4n) is 1.80. The van der Waals surface area contributed by atoms with Crippen LogP contribution in [0.5, 0.6) is 0 Å². The van der Waals surface area contributed by atoms with Gasteiger partial charge >= 0.3 is 5.97 Å². The summed E-state index contributed by atoms with van der Waals surface area (Å²) >= 11 is 0. The Kier molecular flexibility index (Phi) is 4.26. The van der Waals surface area contributed by atoms with Crippen molar-refractivity contribution in [3.05, 3.63) is 54.2 Å². The zero-order valence-electron chi connectivity index (χ0n) is 10.4. The molecule has 4 heteroatoms. The minimum absolute atomic E-state index is 0.221. The quantitative estimate of drug-likeness (QED) is 0.860. The Morgan fingerprint density at radius 2 is 1.89 bits per heavy atom. The van der Waals surface area contributed by atoms with Crippen LogP contribution in [0, 0.1) is 0 Å². The van der Waals surface area contributed by atoms with E-state index in [1.54, 1.807) is 6.20 Å². The summed E-state index contributed by atoms with van der Waals surface area (Å²) in [5.41, 5.74) is 2.92. The Bertz CT molecular complexity index is 537. The molecule has 2 aromatic rings. The van der Waals surface area contributed by atoms with Crippen molar-refractivity contribution in [2.24, 2.45) is 0 Å². The van der Waals surface area contributed by atoms with Crippen LogP contribution in [0.25, 0.3) is 11.3 Å². The number of carbonyl (C=O) groups is 1. The van der Waals surface area contributed by atoms with E-state index in [-0.39, 0.29) is 6.42 Å². The summed E-state index contributed by atoms with van der Waals surface area (Å²) in [6, 6.07) is 13.5. The SMILES string of the molecule is O=C(O)C(O)CCc1ccc(-c2ccccn2)cc1. The molecule has 0 amide bonds. The first-order valence-electron chi connectivity index (χ1n) is 6.08. The smallest absolute Gasteiger partial charge is 0.332 e. The Morgan fingerprint density at radius 3 is 2.47 bits per heavy atom. The average molecular weight is 257 g/mol. The minimum atomic E-state index is -1.30. The number of pyridine rings is 1. The van der Waals surface area contributed by atoms with Gasteiger partial charge in [-0.1, -0.05) is 30.3 Å². The first-order chi connectivity index (χ1) is 9.16. The molecular weight excluding hydrogens is 242 g/mol. The number of carboxylic acids is 1. The number of hydrogen-bond acceptors (Lipinski definition) is 3. The molecule has 0 aliphatic rings. The number of aliphatic hydroxyl groups excluding tert-OH is 1. The molecule has 98 valence electrons. The van der Waals surface area contributed by atoms with Crippen LogP contribution in [0.4, 0.5) is 0 Å². The van der Waals surface area contributed by atoms with Crippen LogP contribution in [0.1, 0.15) is 12.0 Å². The lowest BCUT2D eigenvalue weighted by atomic mass is 10.0. The molecule has 0 fully saturated rings. The maximum Gasteiger partial charge on any atom is 0.332 e. The van der Waals surface area contributed by atoms with Gasteiger partial charge in [0, 0.05) is 11.8 Å². The number of rotatable bonds is 5. The Morgan fingerprint density at radius 1 is 1.16 bits per heavy atom. The van der Waals surface area contributed by atoms with Crippen LogP contribution in [0.3, 0.4) is 0 Å². The molecule has 0 radical (unpaired) electrons. The molecule has 19 heavy (non-hydrogen) atoms. The maximum atomic E-state index is 10.5. The Hall–Kier alpha value is -2.20. The molecule has 2 rings (SSSR count). The molecule has 2 N–H and O–H groups in total. The summed E-state index contributed by atoms with van der Waals surface area (Å²) < 4.78 is 0. The van der Waals surface area contributed by atoms with Crippen LogP contribution in [-0.2, 0) is 11.2 Å². The predicted molar refractivity (Wildman–Crippen MR) is 71.6 cm³/mol. The second kappa shape index (κ2) is 6.11. The average Bonchev–Trinajstić information content (AvgIpc) is 2.46. The number of nitrogens with zero attached hydrogens (tertiary/aromatic N) is 1. The van der Waals surface area contributed by atoms with Gasteiger partial charge in [-0.15, -0.1) is 0 Å². The zero-order valence-corrected chi connectivity index (χ0v) is 10.4. The highest BCUT2D eigenvalue weighted by Gasteiger charge is 2.12. The van der Waals surface area contributed by atoms with Crippen molar-refractivity contribution < 1.29 is 15.0 Å². The van der Waals surface area contributed by atoms with Gasteiger partial charge in [0.1, 0.15) is 0 Å². The van der Waals surface area contributed by atoms with E-state index >= 15 is 0 Å². The van der Waals surface area contributed by atoms with E-state index in [9.17, 15) is 9.90 Å². The number of benzene rings is 1. The van der Waals surface area contributed by atoms with Crippen LogP contribution in [0.15, 0.2) is 48.7 Å². The molecular formula is C15H15NO3. The minimum Gasteiger partial charge on any atom is -0.479 e. The molecule has 4 nitrogen and oxygen atoms in total. The third-order valence-corrected chi connectivity index (χ3v) is 2.91. The molecule has 0 saturated heterocycles. The van der Waals surface area contributed by atoms with E-state index in [0.29, 0.717) is 6.42 Å². The summed E-state index contributed by atoms with van der Waals surface area (Å²) in [7, 11) is 0. The van der Waals surface area contributed by atoms with Gasteiger partial charge in [0.15, 0.2) is 6.10 Å². The summed E-state index contributed by atoms with van der Waals surface area (Å²) in [5, 5.41) is 17.8. The lowest BCUT2D eigenvalue weighted by Gasteiger charge is -2.06. The summed E-state index contributed by atoms with van der Waals surface area (Å²) in [5.74, 6) is -1.18. The third-order valence-electron chi connectivity index (χ3n) is 2.91. The zero-order chi connectivity index (χ0) is 13.7. The standard InChI is InChI=1S/C15H15NO3/c17-14(15(18)19)9-6-11-4-7-12(8-5-11)13-3-1-2-10-16-13/h1-5,7-8,10,14,17H,6,9H2,(H,18,19). The van der Waals surface area contributed by atoms with Crippen molar-refractivity contribution in [2.75, 3.05) is 0 Å². The summed E-state index contributed by atoms with van der Waals surface area (Å²) in [6.45, 7) is 0. The van der Waals surface area contributed by atoms with E-state index in [4.69, 9.17) is 5.11 Å². The maximum absolute atomic E-state index is 10.5. The molecule has 1 atom stereocenters. The van der Waals surface area contributed by atoms with Gasteiger partial charge in [0.2, 0.25) is 0 Å². The second-order valence-electron chi connectivity index (χ2n) is 4.30. The van der Waals surface area contributed by atoms with Gasteiger partial charge in [0.05, 0.1) is 5.69 Å². The lowest BCUT2D eigenvalue weighted by Crippen LogP contribution is -2.19. The lowest BCUT2D eigenvalue weighted by molar-refractivity contribution is -0.146. The van der Waals surface area contributed by atoms with Gasteiger partial charge in [-0.3, -0.25) is 4.98 Å². The number of carboxylic acid groups (broad SMARTS) is 1. The number of hydrogen-bond donors (Lipinski definition) is 2. The van der Waals surface area contributed by atoms with Gasteiger partial charge in [-0.2, -0.15) is 0 Å². The second-order valence-corrected chi connectivity index (χ2v) is 4.30. The normalized spacial score (nSPS) is 12.1. The highest BCUT2D eigenvalue weighted by molar-refractivity contribution is 5.71. The largest absolute Gasteiger partial charge is 0.479 e. The van der Waals surface area contributed by atoms with Gasteiger partial charge in [-0.05, 0) is 30.5 Å². The molecule has 1 unspecified atom stereocenters. The first-order valence-corrected chi connectivity index (χ1v) is 6.08. The van der Waals surface area contributed by atoms with Gasteiger partial charge in [-0.25, -0.2) is 4.79 Å². The third kappa shape index (κ3) is 3.63. The van der Waals surface area contributed by atoms with E-state index in [1.165, 1.54) is 0 Å². The predicted octanol–water partition coefficient (Wildman–Crippen LogP) is 2.13. The van der Waals surface area contributed by atoms with Gasteiger partial charge < -0.3 is 10.2 Å². The van der Waals surface area contributed by atoms with Crippen LogP contribution in [0.2, 0.25) is 0 Å². The van der Waals surface area contributed by atoms with Gasteiger partial charge in [0.25, 0.3) is 0 Å². The molecule has 1 aromatic carbocycles. The highest BCUT2D eigenvalue weighted by Crippen LogP contribution is 2.17. The van der Waals surface area contributed by atoms with E-state index in [1.807, 2.05) is 42.5 Å². The van der Waals surface area contributed by atoms with E-state index in [0.717, 1.165) is 16.8 Å². The molecule has 0 aliphatic heterocycles. The summed E-state index contributed by atoms with van der Waals surface area (Å²) in [6.07, 6.45) is 1.20. The number of aliphatic carboxylic acids is 1. The van der Waals surface area contributed by atoms with E-state index in [2.05, 4.69) is 4.98 Å². The van der Waals surface area contributed by atoms with Crippen molar-refractivity contribution >= 4 is 5.97 Å². The molecule has 0 spiro atoms. The molecule has 1 heterocycles. The number of aromatic nitrogens is 1. The van der Waals surface area contributed by atoms with Crippen LogP contribution < -0.4 is 0 Å². The molecule has 0 aliphatic carbocycles. The van der Waals surface area contributed by atoms with Crippen molar-refractivity contribution in [1.82, 2.24) is 4.98 Å². The summed E-state index contributed by atoms with van der Waals surface area (Å²) in [4.78, 5) is 14.8. The van der Waals surface area contributed by atoms with E-state index < -0.39 is 12.1 Å². The monoisotopic (exact) mass is 257 g/mol. The Balaban J connectivity index is 2.01. The molecule has 1 aromatic heterocycles. The van der Waals surface area contributed by atoms with Crippen molar-refractivity contribution in [3.8, 4) is 11.3 Å².